The van der Waals surface area contributed by atoms with Gasteiger partial charge in [0.2, 0.25) is 0 Å². The van der Waals surface area contributed by atoms with Gasteiger partial charge in [0.05, 0.1) is 10.7 Å². The molecule has 0 unspecified atom stereocenters. The van der Waals surface area contributed by atoms with Gasteiger partial charge in [-0.05, 0) is 18.2 Å². The Labute approximate surface area is 124 Å². The first-order valence-corrected chi connectivity index (χ1v) is 6.54. The monoisotopic (exact) mass is 307 g/mol. The third-order valence-electron chi connectivity index (χ3n) is 2.83. The molecular weight excluding hydrogens is 300 g/mol. The highest BCUT2D eigenvalue weighted by atomic mass is 35.5. The van der Waals surface area contributed by atoms with Gasteiger partial charge in [0.1, 0.15) is 5.82 Å². The van der Waals surface area contributed by atoms with Crippen molar-refractivity contribution >= 4 is 45.5 Å². The number of benzene rings is 2. The first-order valence-electron chi connectivity index (χ1n) is 5.78. The van der Waals surface area contributed by atoms with Crippen molar-refractivity contribution in [2.75, 3.05) is 5.32 Å². The minimum Gasteiger partial charge on any atom is -0.337 e. The zero-order valence-electron chi connectivity index (χ0n) is 10.1. The molecule has 0 saturated carbocycles. The fourth-order valence-electron chi connectivity index (χ4n) is 1.88. The fraction of sp³-hybridized carbons (Fsp3) is 0. The van der Waals surface area contributed by atoms with Crippen LogP contribution in [0.2, 0.25) is 10.2 Å². The van der Waals surface area contributed by atoms with E-state index >= 15 is 0 Å². The summed E-state index contributed by atoms with van der Waals surface area (Å²) in [7, 11) is 0. The van der Waals surface area contributed by atoms with Crippen LogP contribution in [-0.4, -0.2) is 10.2 Å². The molecule has 0 aliphatic rings. The van der Waals surface area contributed by atoms with E-state index in [4.69, 9.17) is 23.2 Å². The van der Waals surface area contributed by atoms with E-state index in [0.717, 1.165) is 10.8 Å². The second-order valence-corrected chi connectivity index (χ2v) is 4.90. The molecule has 2 aromatic carbocycles. The molecule has 0 spiro atoms. The summed E-state index contributed by atoms with van der Waals surface area (Å²) in [6.45, 7) is 0. The first kappa shape index (κ1) is 13.1. The maximum Gasteiger partial charge on any atom is 0.161 e. The zero-order valence-corrected chi connectivity index (χ0v) is 11.6. The average Bonchev–Trinajstić information content (AvgIpc) is 2.45. The van der Waals surface area contributed by atoms with E-state index in [0.29, 0.717) is 16.7 Å². The van der Waals surface area contributed by atoms with Crippen molar-refractivity contribution in [2.45, 2.75) is 0 Å². The molecule has 0 saturated heterocycles. The van der Waals surface area contributed by atoms with E-state index < -0.39 is 5.82 Å². The summed E-state index contributed by atoms with van der Waals surface area (Å²) in [4.78, 5) is 0. The molecule has 20 heavy (non-hydrogen) atoms. The molecular formula is C14H8Cl2FN3. The van der Waals surface area contributed by atoms with Gasteiger partial charge in [-0.1, -0.05) is 47.5 Å². The van der Waals surface area contributed by atoms with Gasteiger partial charge in [-0.25, -0.2) is 4.39 Å². The largest absolute Gasteiger partial charge is 0.337 e. The minimum atomic E-state index is -0.396. The summed E-state index contributed by atoms with van der Waals surface area (Å²) in [5.74, 6) is 0.117. The molecule has 3 nitrogen and oxygen atoms in total. The van der Waals surface area contributed by atoms with Gasteiger partial charge in [0.15, 0.2) is 11.0 Å². The Morgan fingerprint density at radius 2 is 1.70 bits per heavy atom. The van der Waals surface area contributed by atoms with Gasteiger partial charge in [-0.15, -0.1) is 10.2 Å². The van der Waals surface area contributed by atoms with Crippen LogP contribution in [0.1, 0.15) is 0 Å². The normalized spacial score (nSPS) is 10.8. The lowest BCUT2D eigenvalue weighted by Gasteiger charge is -2.10. The summed E-state index contributed by atoms with van der Waals surface area (Å²) < 4.78 is 13.0. The van der Waals surface area contributed by atoms with Gasteiger partial charge < -0.3 is 5.32 Å². The molecule has 1 N–H and O–H groups in total. The number of anilines is 2. The molecule has 100 valence electrons. The topological polar surface area (TPSA) is 37.8 Å². The van der Waals surface area contributed by atoms with E-state index in [2.05, 4.69) is 15.5 Å². The van der Waals surface area contributed by atoms with Crippen molar-refractivity contribution in [1.29, 1.82) is 0 Å². The highest BCUT2D eigenvalue weighted by Crippen LogP contribution is 2.30. The summed E-state index contributed by atoms with van der Waals surface area (Å²) >= 11 is 12.0. The Kier molecular flexibility index (Phi) is 3.42. The van der Waals surface area contributed by atoms with Crippen molar-refractivity contribution in [3.63, 3.8) is 0 Å². The molecule has 0 radical (unpaired) electrons. The highest BCUT2D eigenvalue weighted by molar-refractivity contribution is 6.35. The van der Waals surface area contributed by atoms with Crippen LogP contribution >= 0.6 is 23.2 Å². The van der Waals surface area contributed by atoms with Gasteiger partial charge >= 0.3 is 0 Å². The number of halogens is 3. The predicted octanol–water partition coefficient (Wildman–Crippen LogP) is 4.82. The van der Waals surface area contributed by atoms with Gasteiger partial charge in [0, 0.05) is 10.8 Å². The maximum absolute atomic E-state index is 13.0. The van der Waals surface area contributed by atoms with Crippen LogP contribution in [0.15, 0.2) is 42.5 Å². The lowest BCUT2D eigenvalue weighted by Crippen LogP contribution is -1.98. The Bertz CT molecular complexity index is 792. The van der Waals surface area contributed by atoms with Crippen LogP contribution in [0.3, 0.4) is 0 Å². The SMILES string of the molecule is Fc1ccc(Nc2nnc(Cl)c3ccccc23)c(Cl)c1. The Balaban J connectivity index is 2.09. The number of hydrogen-bond donors (Lipinski definition) is 1. The number of rotatable bonds is 2. The smallest absolute Gasteiger partial charge is 0.161 e. The molecule has 0 amide bonds. The molecule has 0 atom stereocenters. The van der Waals surface area contributed by atoms with Crippen molar-refractivity contribution in [3.8, 4) is 0 Å². The number of aromatic nitrogens is 2. The zero-order chi connectivity index (χ0) is 14.1. The van der Waals surface area contributed by atoms with E-state index in [1.54, 1.807) is 6.07 Å². The lowest BCUT2D eigenvalue weighted by molar-refractivity contribution is 0.628. The Morgan fingerprint density at radius 3 is 2.45 bits per heavy atom. The van der Waals surface area contributed by atoms with Gasteiger partial charge in [0.25, 0.3) is 0 Å². The Morgan fingerprint density at radius 1 is 0.950 bits per heavy atom. The fourth-order valence-corrected chi connectivity index (χ4v) is 2.30. The predicted molar refractivity (Wildman–Crippen MR) is 79.2 cm³/mol. The molecule has 3 rings (SSSR count). The molecule has 0 fully saturated rings. The lowest BCUT2D eigenvalue weighted by atomic mass is 10.2. The molecule has 3 aromatic rings. The third-order valence-corrected chi connectivity index (χ3v) is 3.42. The van der Waals surface area contributed by atoms with E-state index in [1.165, 1.54) is 12.1 Å². The number of fused-ring (bicyclic) bond motifs is 1. The molecule has 0 aliphatic heterocycles. The molecule has 0 bridgehead atoms. The van der Waals surface area contributed by atoms with E-state index in [1.807, 2.05) is 24.3 Å². The summed E-state index contributed by atoms with van der Waals surface area (Å²) in [6.07, 6.45) is 0. The van der Waals surface area contributed by atoms with Crippen LogP contribution < -0.4 is 5.32 Å². The van der Waals surface area contributed by atoms with Crippen molar-refractivity contribution < 1.29 is 4.39 Å². The van der Waals surface area contributed by atoms with Crippen LogP contribution in [-0.2, 0) is 0 Å². The standard InChI is InChI=1S/C14H8Cl2FN3/c15-11-7-8(17)5-6-12(11)18-14-10-4-2-1-3-9(10)13(16)19-20-14/h1-7H,(H,18,20). The van der Waals surface area contributed by atoms with E-state index in [9.17, 15) is 4.39 Å². The Hall–Kier alpha value is -1.91. The van der Waals surface area contributed by atoms with Crippen molar-refractivity contribution in [1.82, 2.24) is 10.2 Å². The van der Waals surface area contributed by atoms with Crippen LogP contribution in [0.25, 0.3) is 10.8 Å². The third kappa shape index (κ3) is 2.40. The highest BCUT2D eigenvalue weighted by Gasteiger charge is 2.09. The molecule has 1 heterocycles. The van der Waals surface area contributed by atoms with Crippen LogP contribution in [0, 0.1) is 5.82 Å². The molecule has 1 aromatic heterocycles. The first-order chi connectivity index (χ1) is 9.65. The van der Waals surface area contributed by atoms with Crippen molar-refractivity contribution in [2.24, 2.45) is 0 Å². The average molecular weight is 308 g/mol. The second kappa shape index (κ2) is 5.23. The van der Waals surface area contributed by atoms with Crippen LogP contribution in [0.5, 0.6) is 0 Å². The van der Waals surface area contributed by atoms with Crippen molar-refractivity contribution in [3.05, 3.63) is 58.5 Å². The number of nitrogens with zero attached hydrogens (tertiary/aromatic N) is 2. The summed E-state index contributed by atoms with van der Waals surface area (Å²) in [5.41, 5.74) is 0.551. The molecule has 0 aliphatic carbocycles. The van der Waals surface area contributed by atoms with Crippen LogP contribution in [0.4, 0.5) is 15.9 Å². The minimum absolute atomic E-state index is 0.269. The molecule has 6 heteroatoms. The second-order valence-electron chi connectivity index (χ2n) is 4.13. The summed E-state index contributed by atoms with van der Waals surface area (Å²) in [5, 5.41) is 13.1. The maximum atomic E-state index is 13.0. The number of nitrogens with one attached hydrogen (secondary N) is 1. The quantitative estimate of drug-likeness (QED) is 0.737. The summed E-state index contributed by atoms with van der Waals surface area (Å²) in [6, 6.07) is 11.6. The van der Waals surface area contributed by atoms with E-state index in [-0.39, 0.29) is 5.02 Å². The van der Waals surface area contributed by atoms with Gasteiger partial charge in [-0.3, -0.25) is 0 Å². The van der Waals surface area contributed by atoms with Gasteiger partial charge in [-0.2, -0.15) is 0 Å². The number of hydrogen-bond acceptors (Lipinski definition) is 3.